The predicted octanol–water partition coefficient (Wildman–Crippen LogP) is 4.28. The number of benzene rings is 3. The highest BCUT2D eigenvalue weighted by Crippen LogP contribution is 2.33. The summed E-state index contributed by atoms with van der Waals surface area (Å²) in [6.45, 7) is 4.43. The molecule has 0 aliphatic carbocycles. The lowest BCUT2D eigenvalue weighted by molar-refractivity contribution is 0.102. The van der Waals surface area contributed by atoms with Crippen molar-refractivity contribution in [3.05, 3.63) is 76.9 Å². The molecule has 3 aromatic rings. The molecule has 8 nitrogen and oxygen atoms in total. The molecule has 1 amide bonds. The molecule has 0 aromatic heterocycles. The molecule has 1 heterocycles. The van der Waals surface area contributed by atoms with E-state index in [-0.39, 0.29) is 18.6 Å². The van der Waals surface area contributed by atoms with E-state index in [4.69, 9.17) is 14.2 Å². The molecule has 178 valence electrons. The molecular weight excluding hydrogens is 456 g/mol. The van der Waals surface area contributed by atoms with Gasteiger partial charge in [0.15, 0.2) is 21.3 Å². The second kappa shape index (κ2) is 9.64. The number of sulfone groups is 1. The molecule has 0 unspecified atom stereocenters. The van der Waals surface area contributed by atoms with Crippen molar-refractivity contribution >= 4 is 27.1 Å². The molecule has 0 saturated heterocycles. The van der Waals surface area contributed by atoms with Crippen molar-refractivity contribution in [1.82, 2.24) is 0 Å². The van der Waals surface area contributed by atoms with Crippen LogP contribution < -0.4 is 24.8 Å². The van der Waals surface area contributed by atoms with Crippen molar-refractivity contribution in [2.24, 2.45) is 0 Å². The molecule has 2 N–H and O–H groups in total. The summed E-state index contributed by atoms with van der Waals surface area (Å²) in [6.07, 6.45) is 1.15. The Morgan fingerprint density at radius 1 is 1.00 bits per heavy atom. The molecule has 34 heavy (non-hydrogen) atoms. The van der Waals surface area contributed by atoms with Crippen LogP contribution in [0.3, 0.4) is 0 Å². The molecule has 0 saturated carbocycles. The minimum absolute atomic E-state index is 0.128. The lowest BCUT2D eigenvalue weighted by Crippen LogP contribution is -2.14. The van der Waals surface area contributed by atoms with Gasteiger partial charge < -0.3 is 24.8 Å². The molecule has 9 heteroatoms. The summed E-state index contributed by atoms with van der Waals surface area (Å²) in [6, 6.07) is 16.1. The van der Waals surface area contributed by atoms with Crippen LogP contribution in [0, 0.1) is 13.8 Å². The summed E-state index contributed by atoms with van der Waals surface area (Å²) in [7, 11) is -3.25. The zero-order valence-electron chi connectivity index (χ0n) is 19.2. The Morgan fingerprint density at radius 3 is 2.59 bits per heavy atom. The van der Waals surface area contributed by atoms with Gasteiger partial charge >= 0.3 is 0 Å². The third-order valence-electron chi connectivity index (χ3n) is 5.29. The van der Waals surface area contributed by atoms with Crippen LogP contribution in [0.4, 0.5) is 11.4 Å². The van der Waals surface area contributed by atoms with Crippen LogP contribution in [0.1, 0.15) is 27.0 Å². The van der Waals surface area contributed by atoms with E-state index < -0.39 is 9.84 Å². The summed E-state index contributed by atoms with van der Waals surface area (Å²) in [5.41, 5.74) is 4.65. The van der Waals surface area contributed by atoms with E-state index in [0.717, 1.165) is 22.9 Å². The SMILES string of the molecule is Cc1ccc(C)c(COc2cc(NC(=O)c3ccc4c(c3)OCO4)ccc2NCS(C)(=O)=O)c1. The summed E-state index contributed by atoms with van der Waals surface area (Å²) < 4.78 is 40.0. The highest BCUT2D eigenvalue weighted by Gasteiger charge is 2.17. The molecule has 0 radical (unpaired) electrons. The molecule has 1 aliphatic heterocycles. The molecule has 3 aromatic carbocycles. The van der Waals surface area contributed by atoms with Gasteiger partial charge in [0.25, 0.3) is 5.91 Å². The number of fused-ring (bicyclic) bond motifs is 1. The number of anilines is 2. The summed E-state index contributed by atoms with van der Waals surface area (Å²) in [4.78, 5) is 12.8. The van der Waals surface area contributed by atoms with Crippen LogP contribution >= 0.6 is 0 Å². The Kier molecular flexibility index (Phi) is 6.65. The maximum absolute atomic E-state index is 12.8. The lowest BCUT2D eigenvalue weighted by Gasteiger charge is -2.16. The number of carbonyl (C=O) groups is 1. The van der Waals surface area contributed by atoms with Gasteiger partial charge in [-0.05, 0) is 55.3 Å². The Hall–Kier alpha value is -3.72. The van der Waals surface area contributed by atoms with E-state index in [2.05, 4.69) is 10.6 Å². The first-order valence-corrected chi connectivity index (χ1v) is 12.7. The summed E-state index contributed by atoms with van der Waals surface area (Å²) in [5.74, 6) is 0.976. The van der Waals surface area contributed by atoms with Gasteiger partial charge in [0.1, 0.15) is 18.2 Å². The monoisotopic (exact) mass is 482 g/mol. The number of amides is 1. The summed E-state index contributed by atoms with van der Waals surface area (Å²) in [5, 5.41) is 5.75. The number of ether oxygens (including phenoxy) is 3. The van der Waals surface area contributed by atoms with Gasteiger partial charge in [0, 0.05) is 23.6 Å². The molecular formula is C25H26N2O6S. The van der Waals surface area contributed by atoms with Gasteiger partial charge in [-0.15, -0.1) is 0 Å². The standard InChI is InChI=1S/C25H26N2O6S/c1-16-4-5-17(2)19(10-16)13-31-23-12-20(7-8-21(23)26-14-34(3,29)30)27-25(28)18-6-9-22-24(11-18)33-15-32-22/h4-12,26H,13-15H2,1-3H3,(H,27,28). The second-order valence-corrected chi connectivity index (χ2v) is 10.3. The number of hydrogen-bond donors (Lipinski definition) is 2. The maximum atomic E-state index is 12.8. The van der Waals surface area contributed by atoms with E-state index in [0.29, 0.717) is 40.8 Å². The highest BCUT2D eigenvalue weighted by atomic mass is 32.2. The molecule has 0 bridgehead atoms. The molecule has 0 spiro atoms. The Balaban J connectivity index is 1.55. The molecule has 4 rings (SSSR count). The van der Waals surface area contributed by atoms with Gasteiger partial charge in [0.2, 0.25) is 6.79 Å². The van der Waals surface area contributed by atoms with Crippen LogP contribution in [0.15, 0.2) is 54.6 Å². The fourth-order valence-electron chi connectivity index (χ4n) is 3.43. The van der Waals surface area contributed by atoms with Gasteiger partial charge in [-0.25, -0.2) is 8.42 Å². The minimum atomic E-state index is -3.25. The van der Waals surface area contributed by atoms with Crippen molar-refractivity contribution in [3.63, 3.8) is 0 Å². The average Bonchev–Trinajstić information content (AvgIpc) is 3.26. The van der Waals surface area contributed by atoms with Crippen molar-refractivity contribution in [3.8, 4) is 17.2 Å². The van der Waals surface area contributed by atoms with E-state index in [1.807, 2.05) is 32.0 Å². The number of nitrogens with one attached hydrogen (secondary N) is 2. The fourth-order valence-corrected chi connectivity index (χ4v) is 3.84. The number of rotatable bonds is 8. The number of hydrogen-bond acceptors (Lipinski definition) is 7. The topological polar surface area (TPSA) is 103 Å². The first-order chi connectivity index (χ1) is 16.2. The number of carbonyl (C=O) groups excluding carboxylic acids is 1. The van der Waals surface area contributed by atoms with Gasteiger partial charge in [-0.3, -0.25) is 4.79 Å². The van der Waals surface area contributed by atoms with Crippen LogP contribution in [0.5, 0.6) is 17.2 Å². The maximum Gasteiger partial charge on any atom is 0.255 e. The van der Waals surface area contributed by atoms with Gasteiger partial charge in [-0.1, -0.05) is 23.8 Å². The second-order valence-electron chi connectivity index (χ2n) is 8.20. The molecule has 0 atom stereocenters. The van der Waals surface area contributed by atoms with Gasteiger partial charge in [-0.2, -0.15) is 0 Å². The quantitative estimate of drug-likeness (QED) is 0.494. The summed E-state index contributed by atoms with van der Waals surface area (Å²) >= 11 is 0. The largest absolute Gasteiger partial charge is 0.487 e. The van der Waals surface area contributed by atoms with Crippen LogP contribution in [-0.2, 0) is 16.4 Å². The molecule has 0 fully saturated rings. The van der Waals surface area contributed by atoms with Crippen LogP contribution in [0.2, 0.25) is 0 Å². The smallest absolute Gasteiger partial charge is 0.255 e. The zero-order chi connectivity index (χ0) is 24.3. The van der Waals surface area contributed by atoms with Crippen molar-refractivity contribution in [1.29, 1.82) is 0 Å². The Labute approximate surface area is 198 Å². The van der Waals surface area contributed by atoms with Crippen LogP contribution in [-0.4, -0.2) is 33.3 Å². The Bertz CT molecular complexity index is 1340. The van der Waals surface area contributed by atoms with Crippen molar-refractivity contribution < 1.29 is 27.4 Å². The van der Waals surface area contributed by atoms with E-state index >= 15 is 0 Å². The number of aryl methyl sites for hydroxylation is 2. The van der Waals surface area contributed by atoms with Crippen LogP contribution in [0.25, 0.3) is 0 Å². The fraction of sp³-hybridized carbons (Fsp3) is 0.240. The average molecular weight is 483 g/mol. The Morgan fingerprint density at radius 2 is 1.79 bits per heavy atom. The lowest BCUT2D eigenvalue weighted by atomic mass is 10.1. The van der Waals surface area contributed by atoms with E-state index in [1.165, 1.54) is 0 Å². The van der Waals surface area contributed by atoms with E-state index in [1.54, 1.807) is 36.4 Å². The van der Waals surface area contributed by atoms with Crippen molar-refractivity contribution in [2.45, 2.75) is 20.5 Å². The minimum Gasteiger partial charge on any atom is -0.487 e. The third-order valence-corrected chi connectivity index (χ3v) is 5.96. The predicted molar refractivity (Wildman–Crippen MR) is 131 cm³/mol. The van der Waals surface area contributed by atoms with Gasteiger partial charge in [0.05, 0.1) is 5.69 Å². The molecule has 1 aliphatic rings. The van der Waals surface area contributed by atoms with E-state index in [9.17, 15) is 13.2 Å². The van der Waals surface area contributed by atoms with Crippen molar-refractivity contribution in [2.75, 3.05) is 29.6 Å². The first-order valence-electron chi connectivity index (χ1n) is 10.6. The zero-order valence-corrected chi connectivity index (χ0v) is 20.0. The third kappa shape index (κ3) is 5.79. The highest BCUT2D eigenvalue weighted by molar-refractivity contribution is 7.90. The normalized spacial score (nSPS) is 12.3. The first kappa shape index (κ1) is 23.4.